The average molecular weight is 635 g/mol. The van der Waals surface area contributed by atoms with Crippen LogP contribution in [0.25, 0.3) is 55.3 Å². The van der Waals surface area contributed by atoms with E-state index < -0.39 is 5.41 Å². The first kappa shape index (κ1) is 26.6. The lowest BCUT2D eigenvalue weighted by atomic mass is 9.69. The Morgan fingerprint density at radius 2 is 1.08 bits per heavy atom. The molecule has 12 rings (SSSR count). The molecule has 0 aromatic heterocycles. The summed E-state index contributed by atoms with van der Waals surface area (Å²) in [6.07, 6.45) is -0.0549. The van der Waals surface area contributed by atoms with E-state index in [1.165, 1.54) is 94.5 Å². The quantitative estimate of drug-likeness (QED) is 0.204. The average Bonchev–Trinajstić information content (AvgIpc) is 3.90. The van der Waals surface area contributed by atoms with E-state index >= 15 is 0 Å². The zero-order valence-electron chi connectivity index (χ0n) is 27.2. The standard InChI is InChI=1S/C48H30N2/c1-2-13-30(14-3-1)50-44-24-11-10-23-43(44)49-47(50)29-25-26-34-33-17-6-8-21-39(33)48(41(34)27-29)40-22-9-7-18-36(40)46-37-20-12-19-35-31-15-4-5-16-32(31)38(45(35)37)28-42(46)48/h1-28,47,49H. The van der Waals surface area contributed by atoms with Gasteiger partial charge in [0.05, 0.1) is 16.8 Å². The number of para-hydroxylation sites is 3. The van der Waals surface area contributed by atoms with Gasteiger partial charge in [-0.1, -0.05) is 133 Å². The first-order chi connectivity index (χ1) is 24.8. The summed E-state index contributed by atoms with van der Waals surface area (Å²) in [4.78, 5) is 2.45. The van der Waals surface area contributed by atoms with E-state index in [9.17, 15) is 0 Å². The Kier molecular flexibility index (Phi) is 4.99. The van der Waals surface area contributed by atoms with Gasteiger partial charge in [-0.3, -0.25) is 0 Å². The normalized spacial score (nSPS) is 18.0. The van der Waals surface area contributed by atoms with Crippen LogP contribution >= 0.6 is 0 Å². The maximum absolute atomic E-state index is 3.92. The van der Waals surface area contributed by atoms with E-state index in [1.807, 2.05) is 0 Å². The van der Waals surface area contributed by atoms with Gasteiger partial charge in [0.15, 0.2) is 0 Å². The minimum absolute atomic E-state index is 0.0549. The molecule has 0 saturated carbocycles. The van der Waals surface area contributed by atoms with Gasteiger partial charge < -0.3 is 10.2 Å². The molecule has 0 radical (unpaired) electrons. The maximum atomic E-state index is 3.92. The molecule has 1 heterocycles. The van der Waals surface area contributed by atoms with Gasteiger partial charge in [-0.2, -0.15) is 0 Å². The lowest BCUT2D eigenvalue weighted by Crippen LogP contribution is -2.27. The van der Waals surface area contributed by atoms with Crippen LogP contribution in [0.5, 0.6) is 0 Å². The highest BCUT2D eigenvalue weighted by atomic mass is 15.3. The molecular formula is C48H30N2. The van der Waals surface area contributed by atoms with Crippen LogP contribution < -0.4 is 10.2 Å². The Balaban J connectivity index is 1.17. The maximum Gasteiger partial charge on any atom is 0.130 e. The molecule has 1 N–H and O–H groups in total. The summed E-state index contributed by atoms with van der Waals surface area (Å²) in [5.41, 5.74) is 20.5. The van der Waals surface area contributed by atoms with Crippen LogP contribution in [0.2, 0.25) is 0 Å². The van der Waals surface area contributed by atoms with Crippen LogP contribution in [0.1, 0.15) is 34.0 Å². The van der Waals surface area contributed by atoms with Gasteiger partial charge in [-0.05, 0) is 119 Å². The first-order valence-electron chi connectivity index (χ1n) is 17.6. The summed E-state index contributed by atoms with van der Waals surface area (Å²) in [6.45, 7) is 0. The van der Waals surface area contributed by atoms with Crippen molar-refractivity contribution in [2.24, 2.45) is 0 Å². The molecule has 8 aromatic carbocycles. The molecule has 2 unspecified atom stereocenters. The van der Waals surface area contributed by atoms with Gasteiger partial charge in [0.2, 0.25) is 0 Å². The molecule has 1 aliphatic heterocycles. The fourth-order valence-corrected chi connectivity index (χ4v) is 9.95. The Morgan fingerprint density at radius 1 is 0.440 bits per heavy atom. The number of fused-ring (bicyclic) bond motifs is 15. The Bertz CT molecular complexity index is 2760. The highest BCUT2D eigenvalue weighted by Crippen LogP contribution is 2.66. The van der Waals surface area contributed by atoms with Gasteiger partial charge in [0.25, 0.3) is 0 Å². The van der Waals surface area contributed by atoms with Crippen molar-refractivity contribution >= 4 is 27.8 Å². The number of anilines is 3. The Morgan fingerprint density at radius 3 is 1.92 bits per heavy atom. The Labute approximate surface area is 290 Å². The third-order valence-corrected chi connectivity index (χ3v) is 11.8. The Hall–Kier alpha value is -6.38. The molecule has 2 atom stereocenters. The monoisotopic (exact) mass is 634 g/mol. The molecule has 50 heavy (non-hydrogen) atoms. The molecule has 2 heteroatoms. The third-order valence-electron chi connectivity index (χ3n) is 11.8. The number of hydrogen-bond acceptors (Lipinski definition) is 2. The SMILES string of the molecule is c1ccc(N2c3ccccc3NC2c2ccc3c(c2)C2(c4ccccc4-3)c3ccccc3-c3c2cc2c4c(cccc34)-c3ccccc3-2)cc1. The number of benzene rings is 8. The van der Waals surface area contributed by atoms with Gasteiger partial charge in [-0.15, -0.1) is 0 Å². The van der Waals surface area contributed by atoms with E-state index in [0.29, 0.717) is 0 Å². The summed E-state index contributed by atoms with van der Waals surface area (Å²) in [7, 11) is 0. The number of hydrogen-bond donors (Lipinski definition) is 1. The zero-order chi connectivity index (χ0) is 32.6. The molecule has 8 aromatic rings. The second kappa shape index (κ2) is 9.40. The van der Waals surface area contributed by atoms with Crippen molar-refractivity contribution in [1.82, 2.24) is 0 Å². The third kappa shape index (κ3) is 3.11. The van der Waals surface area contributed by atoms with Crippen LogP contribution in [0.3, 0.4) is 0 Å². The minimum Gasteiger partial charge on any atom is -0.359 e. The summed E-state index contributed by atoms with van der Waals surface area (Å²) < 4.78 is 0. The van der Waals surface area contributed by atoms with Crippen molar-refractivity contribution in [3.63, 3.8) is 0 Å². The molecule has 0 saturated heterocycles. The number of nitrogens with one attached hydrogen (secondary N) is 1. The van der Waals surface area contributed by atoms with Crippen LogP contribution in [-0.4, -0.2) is 0 Å². The van der Waals surface area contributed by atoms with Crippen molar-refractivity contribution in [2.45, 2.75) is 11.6 Å². The van der Waals surface area contributed by atoms with Crippen molar-refractivity contribution in [2.75, 3.05) is 10.2 Å². The molecule has 0 fully saturated rings. The summed E-state index contributed by atoms with van der Waals surface area (Å²) in [5, 5.41) is 6.64. The highest BCUT2D eigenvalue weighted by Gasteiger charge is 2.53. The summed E-state index contributed by atoms with van der Waals surface area (Å²) in [6, 6.07) is 63.5. The molecular weight excluding hydrogens is 605 g/mol. The molecule has 1 spiro atoms. The van der Waals surface area contributed by atoms with Crippen molar-refractivity contribution in [1.29, 1.82) is 0 Å². The van der Waals surface area contributed by atoms with Crippen molar-refractivity contribution in [3.05, 3.63) is 198 Å². The smallest absolute Gasteiger partial charge is 0.130 e. The lowest BCUT2D eigenvalue weighted by molar-refractivity contribution is 0.780. The van der Waals surface area contributed by atoms with Crippen LogP contribution in [0, 0.1) is 0 Å². The van der Waals surface area contributed by atoms with E-state index in [-0.39, 0.29) is 6.17 Å². The fraction of sp³-hybridized carbons (Fsp3) is 0.0417. The van der Waals surface area contributed by atoms with Gasteiger partial charge in [0.1, 0.15) is 6.17 Å². The largest absolute Gasteiger partial charge is 0.359 e. The van der Waals surface area contributed by atoms with E-state index in [1.54, 1.807) is 0 Å². The van der Waals surface area contributed by atoms with Crippen molar-refractivity contribution < 1.29 is 0 Å². The lowest BCUT2D eigenvalue weighted by Gasteiger charge is -2.32. The van der Waals surface area contributed by atoms with E-state index in [0.717, 1.165) is 5.69 Å². The molecule has 232 valence electrons. The molecule has 3 aliphatic carbocycles. The van der Waals surface area contributed by atoms with Crippen LogP contribution in [0.15, 0.2) is 170 Å². The topological polar surface area (TPSA) is 15.3 Å². The van der Waals surface area contributed by atoms with Crippen LogP contribution in [-0.2, 0) is 5.41 Å². The van der Waals surface area contributed by atoms with Gasteiger partial charge in [0, 0.05) is 5.69 Å². The van der Waals surface area contributed by atoms with Crippen molar-refractivity contribution in [3.8, 4) is 44.5 Å². The second-order valence-electron chi connectivity index (χ2n) is 14.0. The number of nitrogens with zero attached hydrogens (tertiary/aromatic N) is 1. The molecule has 0 amide bonds. The first-order valence-corrected chi connectivity index (χ1v) is 17.6. The summed E-state index contributed by atoms with van der Waals surface area (Å²) >= 11 is 0. The predicted molar refractivity (Wildman–Crippen MR) is 206 cm³/mol. The van der Waals surface area contributed by atoms with Gasteiger partial charge >= 0.3 is 0 Å². The van der Waals surface area contributed by atoms with E-state index in [2.05, 4.69) is 180 Å². The number of rotatable bonds is 2. The molecule has 2 nitrogen and oxygen atoms in total. The fourth-order valence-electron chi connectivity index (χ4n) is 9.95. The highest BCUT2D eigenvalue weighted by molar-refractivity contribution is 6.21. The molecule has 0 bridgehead atoms. The van der Waals surface area contributed by atoms with Crippen LogP contribution in [0.4, 0.5) is 17.1 Å². The minimum atomic E-state index is -0.449. The van der Waals surface area contributed by atoms with Gasteiger partial charge in [-0.25, -0.2) is 0 Å². The zero-order valence-corrected chi connectivity index (χ0v) is 27.2. The summed E-state index contributed by atoms with van der Waals surface area (Å²) in [5.74, 6) is 0. The second-order valence-corrected chi connectivity index (χ2v) is 14.0. The molecule has 4 aliphatic rings. The van der Waals surface area contributed by atoms with E-state index in [4.69, 9.17) is 0 Å². The predicted octanol–water partition coefficient (Wildman–Crippen LogP) is 12.1.